The fourth-order valence-electron chi connectivity index (χ4n) is 10.4. The van der Waals surface area contributed by atoms with Gasteiger partial charge in [-0.25, -0.2) is 57.9 Å². The van der Waals surface area contributed by atoms with E-state index in [0.717, 1.165) is 61.8 Å². The maximum Gasteiger partial charge on any atom is 0.419 e. The number of nitrogens with zero attached hydrogens (tertiary/aromatic N) is 12. The number of ether oxygens (including phenoxy) is 4. The number of rotatable bonds is 19. The molecular weight excluding hydrogens is 1380 g/mol. The maximum atomic E-state index is 14.4. The van der Waals surface area contributed by atoms with Gasteiger partial charge in [-0.05, 0) is 153 Å². The summed E-state index contributed by atoms with van der Waals surface area (Å²) in [5, 5.41) is 10.1. The molecule has 2 fully saturated rings. The van der Waals surface area contributed by atoms with E-state index in [1.165, 1.54) is 17.7 Å². The van der Waals surface area contributed by atoms with Crippen molar-refractivity contribution in [1.82, 2.24) is 68.4 Å². The molecule has 10 rings (SSSR count). The SMILES string of the molecule is CC(C)(C)OC(=O)N[C@H]1CCC[C@@H]1N.Cc1nsc(-c2ccc3c(-c4nc(N[C@H]5CCC[C@@H]5NC(=O)OC(C)(C)C)ncc4C(F)(F)F)cn(COCC[Si](C)(C)C)c3n2)n1.Cc1nsc(-c2ccc3c(-c4nc(S(C)(=O)=O)ncc4C(F)(F)F)cn(COCC[Si](C)(C)C)c3n2)n1. The topological polar surface area (TPSA) is 306 Å². The number of hydrogen-bond donors (Lipinski definition) is 4. The Hall–Kier alpha value is -7.16. The van der Waals surface area contributed by atoms with E-state index in [4.69, 9.17) is 29.7 Å². The van der Waals surface area contributed by atoms with Gasteiger partial charge in [-0.3, -0.25) is 0 Å². The van der Waals surface area contributed by atoms with Crippen molar-refractivity contribution in [1.29, 1.82) is 0 Å². The summed E-state index contributed by atoms with van der Waals surface area (Å²) in [6, 6.07) is 8.12. The molecule has 534 valence electrons. The first-order valence-electron chi connectivity index (χ1n) is 31.9. The summed E-state index contributed by atoms with van der Waals surface area (Å²) in [5.41, 5.74) is 3.93. The van der Waals surface area contributed by atoms with Crippen molar-refractivity contribution in [3.05, 3.63) is 71.8 Å². The standard InChI is InChI=1S/C31H41F3N8O3SSi.C22H25F3N6O3S2Si.C10H20N2O2/c1-18-36-27(46-41-18)24-12-11-19-20(16-42(26(19)37-24)17-44-13-14-47(5,6)7)25-21(31(32,33)34)15-35-28(40-25)38-22-9-8-10-23(22)39-29(43)45-30(2,3)4;1-13-27-20(35-30-13)17-7-6-14-15(11-31(19(14)28-17)12-34-8-9-37(3,4)5)18-16(22(23,24)25)10-26-21(29-18)36(2,32)33;1-10(2,3)14-9(13)12-8-6-4-5-7(8)11/h11-12,15-16,22-23H,8-10,13-14,17H2,1-7H3,(H,39,43)(H,35,38,40);6-7,10-11H,8-9,12H2,1-5H3;7-8H,4-6,11H2,1-3H3,(H,12,13)/t22-,23-;;7-,8-/m0.0/s1. The van der Waals surface area contributed by atoms with E-state index in [1.807, 2.05) is 20.8 Å². The Labute approximate surface area is 575 Å². The summed E-state index contributed by atoms with van der Waals surface area (Å²) in [6.45, 7) is 28.9. The molecule has 0 aromatic carbocycles. The van der Waals surface area contributed by atoms with Crippen LogP contribution in [0.4, 0.5) is 41.9 Å². The first kappa shape index (κ1) is 76.6. The van der Waals surface area contributed by atoms with Crippen LogP contribution in [-0.2, 0) is 54.6 Å². The number of nitrogens with two attached hydrogens (primary N) is 1. The van der Waals surface area contributed by atoms with E-state index >= 15 is 0 Å². The number of anilines is 1. The number of carbonyl (C=O) groups is 2. The normalized spacial score (nSPS) is 17.1. The fourth-order valence-corrected chi connectivity index (χ4v) is 13.7. The number of sulfone groups is 1. The van der Waals surface area contributed by atoms with Gasteiger partial charge >= 0.3 is 24.5 Å². The van der Waals surface area contributed by atoms with E-state index in [0.29, 0.717) is 87.4 Å². The zero-order chi connectivity index (χ0) is 72.1. The Morgan fingerprint density at radius 2 is 1.04 bits per heavy atom. The summed E-state index contributed by atoms with van der Waals surface area (Å²) in [6.07, 6.45) is -0.0744. The molecule has 24 nitrogen and oxygen atoms in total. The molecule has 0 spiro atoms. The smallest absolute Gasteiger partial charge is 0.419 e. The number of hydrogen-bond acceptors (Lipinski definition) is 22. The number of pyridine rings is 2. The van der Waals surface area contributed by atoms with Gasteiger partial charge in [0.2, 0.25) is 20.9 Å². The van der Waals surface area contributed by atoms with Gasteiger partial charge in [0.25, 0.3) is 0 Å². The third kappa shape index (κ3) is 21.4. The number of aromatic nitrogens is 12. The van der Waals surface area contributed by atoms with E-state index in [1.54, 1.807) is 74.2 Å². The minimum Gasteiger partial charge on any atom is -0.444 e. The van der Waals surface area contributed by atoms with Crippen LogP contribution in [0.2, 0.25) is 51.4 Å². The molecule has 8 heterocycles. The van der Waals surface area contributed by atoms with Crippen LogP contribution in [0.15, 0.2) is 54.2 Å². The van der Waals surface area contributed by atoms with Gasteiger partial charge in [0.05, 0.1) is 17.4 Å². The third-order valence-electron chi connectivity index (χ3n) is 15.2. The Morgan fingerprint density at radius 1 is 0.612 bits per heavy atom. The highest BCUT2D eigenvalue weighted by atomic mass is 32.2. The van der Waals surface area contributed by atoms with Gasteiger partial charge in [0.15, 0.2) is 10.0 Å². The Bertz CT molecular complexity index is 4220. The molecule has 2 saturated carbocycles. The van der Waals surface area contributed by atoms with Gasteiger partial charge in [0.1, 0.15) is 70.1 Å². The summed E-state index contributed by atoms with van der Waals surface area (Å²) in [5.74, 6) is 1.22. The summed E-state index contributed by atoms with van der Waals surface area (Å²) in [4.78, 5) is 57.8. The molecule has 0 aliphatic heterocycles. The summed E-state index contributed by atoms with van der Waals surface area (Å²) < 4.78 is 143. The van der Waals surface area contributed by atoms with Gasteiger partial charge < -0.3 is 49.8 Å². The van der Waals surface area contributed by atoms with Gasteiger partial charge in [-0.2, -0.15) is 35.1 Å². The van der Waals surface area contributed by atoms with Crippen LogP contribution < -0.4 is 21.7 Å². The lowest BCUT2D eigenvalue weighted by molar-refractivity contribution is -0.138. The highest BCUT2D eigenvalue weighted by molar-refractivity contribution is 7.90. The minimum absolute atomic E-state index is 0.0251. The molecule has 98 heavy (non-hydrogen) atoms. The second kappa shape index (κ2) is 30.8. The van der Waals surface area contributed by atoms with Gasteiger partial charge in [-0.1, -0.05) is 39.3 Å². The number of aryl methyl sites for hydroxylation is 2. The number of nitrogens with one attached hydrogen (secondary N) is 3. The van der Waals surface area contributed by atoms with E-state index < -0.39 is 77.6 Å². The first-order valence-corrected chi connectivity index (χ1v) is 42.7. The van der Waals surface area contributed by atoms with Crippen molar-refractivity contribution in [2.24, 2.45) is 5.73 Å². The molecule has 0 unspecified atom stereocenters. The van der Waals surface area contributed by atoms with Crippen LogP contribution in [0.5, 0.6) is 0 Å². The van der Waals surface area contributed by atoms with Crippen molar-refractivity contribution in [2.75, 3.05) is 24.8 Å². The van der Waals surface area contributed by atoms with Gasteiger partial charge in [0, 0.05) is 100 Å². The lowest BCUT2D eigenvalue weighted by atomic mass is 10.1. The van der Waals surface area contributed by atoms with Crippen molar-refractivity contribution in [3.63, 3.8) is 0 Å². The number of alkyl halides is 6. The predicted molar refractivity (Wildman–Crippen MR) is 370 cm³/mol. The number of alkyl carbamates (subject to hydrolysis) is 2. The van der Waals surface area contributed by atoms with Crippen LogP contribution in [-0.4, -0.2) is 149 Å². The monoisotopic (exact) mass is 1460 g/mol. The Morgan fingerprint density at radius 3 is 1.45 bits per heavy atom. The highest BCUT2D eigenvalue weighted by Crippen LogP contribution is 2.42. The van der Waals surface area contributed by atoms with Crippen LogP contribution in [0, 0.1) is 13.8 Å². The molecule has 2 amide bonds. The largest absolute Gasteiger partial charge is 0.444 e. The summed E-state index contributed by atoms with van der Waals surface area (Å²) in [7, 11) is -6.69. The average Bonchev–Trinajstić information content (AvgIpc) is 1.54. The quantitative estimate of drug-likeness (QED) is 0.0253. The molecule has 35 heteroatoms. The third-order valence-corrected chi connectivity index (χ3v) is 21.1. The van der Waals surface area contributed by atoms with E-state index in [2.05, 4.69) is 98.9 Å². The molecule has 5 N–H and O–H groups in total. The Balaban J connectivity index is 0.000000213. The van der Waals surface area contributed by atoms with E-state index in [9.17, 15) is 44.3 Å². The summed E-state index contributed by atoms with van der Waals surface area (Å²) >= 11 is 2.36. The van der Waals surface area contributed by atoms with Crippen molar-refractivity contribution < 1.29 is 63.3 Å². The second-order valence-electron chi connectivity index (χ2n) is 28.6. The number of carbonyl (C=O) groups excluding carboxylic acids is 2. The highest BCUT2D eigenvalue weighted by Gasteiger charge is 2.40. The molecule has 2 aliphatic carbocycles. The fraction of sp³-hybridized carbons (Fsp3) is 0.556. The number of amides is 2. The molecule has 0 radical (unpaired) electrons. The molecule has 8 aromatic heterocycles. The van der Waals surface area contributed by atoms with Crippen LogP contribution in [0.1, 0.15) is 103 Å². The van der Waals surface area contributed by atoms with Crippen LogP contribution in [0.25, 0.3) is 66.0 Å². The molecule has 4 atom stereocenters. The average molecular weight is 1460 g/mol. The number of halogens is 6. The molecule has 0 bridgehead atoms. The Kier molecular flexibility index (Phi) is 24.0. The second-order valence-corrected chi connectivity index (χ2v) is 43.2. The first-order chi connectivity index (χ1) is 45.5. The molecule has 0 saturated heterocycles. The zero-order valence-corrected chi connectivity index (χ0v) is 62.1. The van der Waals surface area contributed by atoms with Crippen LogP contribution >= 0.6 is 23.1 Å². The van der Waals surface area contributed by atoms with E-state index in [-0.39, 0.29) is 66.5 Å². The molecule has 2 aliphatic rings. The zero-order valence-electron chi connectivity index (χ0n) is 57.6. The number of fused-ring (bicyclic) bond motifs is 2. The molecule has 8 aromatic rings. The van der Waals surface area contributed by atoms with Crippen molar-refractivity contribution in [3.8, 4) is 43.9 Å². The van der Waals surface area contributed by atoms with Crippen molar-refractivity contribution >= 4 is 89.3 Å². The predicted octanol–water partition coefficient (Wildman–Crippen LogP) is 14.0. The lowest BCUT2D eigenvalue weighted by Gasteiger charge is -2.25. The van der Waals surface area contributed by atoms with Gasteiger partial charge in [-0.15, -0.1) is 0 Å². The minimum atomic E-state index is -4.81. The lowest BCUT2D eigenvalue weighted by Crippen LogP contribution is -2.45. The van der Waals surface area contributed by atoms with Crippen LogP contribution in [0.3, 0.4) is 0 Å². The molecular formula is C63H86F6N16O8S3Si2. The van der Waals surface area contributed by atoms with Crippen molar-refractivity contribution in [2.45, 2.75) is 212 Å². The maximum absolute atomic E-state index is 14.4.